The maximum Gasteiger partial charge on any atom is 0.0579 e. The van der Waals surface area contributed by atoms with E-state index in [2.05, 4.69) is 24.9 Å². The molecule has 1 aliphatic heterocycles. The Hall–Kier alpha value is -0.590. The summed E-state index contributed by atoms with van der Waals surface area (Å²) in [5.41, 5.74) is 2.70. The van der Waals surface area contributed by atoms with Gasteiger partial charge in [-0.3, -0.25) is 4.99 Å². The Morgan fingerprint density at radius 2 is 2.44 bits per heavy atom. The molecule has 0 aromatic rings. The summed E-state index contributed by atoms with van der Waals surface area (Å²) < 4.78 is 0. The zero-order valence-electron chi connectivity index (χ0n) is 6.15. The second kappa shape index (κ2) is 2.81. The Bertz CT molecular complexity index is 154. The van der Waals surface area contributed by atoms with Gasteiger partial charge in [0.05, 0.1) is 6.54 Å². The number of allylic oxidation sites excluding steroid dienone is 1. The van der Waals surface area contributed by atoms with Crippen LogP contribution in [0.2, 0.25) is 0 Å². The maximum absolute atomic E-state index is 4.33. The summed E-state index contributed by atoms with van der Waals surface area (Å²) in [5, 5.41) is 0. The van der Waals surface area contributed by atoms with Crippen LogP contribution in [0.25, 0.3) is 0 Å². The lowest BCUT2D eigenvalue weighted by atomic mass is 10.1. The van der Waals surface area contributed by atoms with Crippen LogP contribution in [-0.4, -0.2) is 12.3 Å². The molecule has 0 aliphatic carbocycles. The largest absolute Gasteiger partial charge is 0.285 e. The Morgan fingerprint density at radius 3 is 2.89 bits per heavy atom. The van der Waals surface area contributed by atoms with Crippen molar-refractivity contribution in [2.75, 3.05) is 6.54 Å². The van der Waals surface area contributed by atoms with Crippen LogP contribution in [0, 0.1) is 0 Å². The van der Waals surface area contributed by atoms with Crippen LogP contribution in [0.1, 0.15) is 26.7 Å². The lowest BCUT2D eigenvalue weighted by Gasteiger charge is -1.96. The molecule has 0 unspecified atom stereocenters. The Labute approximate surface area is 56.5 Å². The van der Waals surface area contributed by atoms with Gasteiger partial charge in [-0.25, -0.2) is 0 Å². The van der Waals surface area contributed by atoms with Crippen molar-refractivity contribution < 1.29 is 0 Å². The van der Waals surface area contributed by atoms with Crippen LogP contribution in [0.5, 0.6) is 0 Å². The average molecular weight is 123 g/mol. The van der Waals surface area contributed by atoms with Crippen LogP contribution >= 0.6 is 0 Å². The fraction of sp³-hybridized carbons (Fsp3) is 0.625. The first-order valence-corrected chi connectivity index (χ1v) is 3.55. The monoisotopic (exact) mass is 123 g/mol. The number of aliphatic imine (C=N–C) groups is 1. The van der Waals surface area contributed by atoms with Crippen molar-refractivity contribution in [2.45, 2.75) is 26.7 Å². The summed E-state index contributed by atoms with van der Waals surface area (Å²) in [6.07, 6.45) is 4.55. The highest BCUT2D eigenvalue weighted by atomic mass is 14.7. The van der Waals surface area contributed by atoms with Gasteiger partial charge < -0.3 is 0 Å². The van der Waals surface area contributed by atoms with Crippen LogP contribution < -0.4 is 0 Å². The SMILES string of the molecule is CCCC1=NCC=C1C. The first kappa shape index (κ1) is 6.53. The third kappa shape index (κ3) is 1.41. The normalized spacial score (nSPS) is 17.6. The Morgan fingerprint density at radius 1 is 1.67 bits per heavy atom. The number of hydrogen-bond donors (Lipinski definition) is 0. The van der Waals surface area contributed by atoms with Gasteiger partial charge in [-0.1, -0.05) is 19.4 Å². The zero-order chi connectivity index (χ0) is 6.69. The molecule has 1 nitrogen and oxygen atoms in total. The Kier molecular flexibility index (Phi) is 2.04. The molecule has 0 saturated carbocycles. The van der Waals surface area contributed by atoms with Crippen molar-refractivity contribution in [1.29, 1.82) is 0 Å². The smallest absolute Gasteiger partial charge is 0.0579 e. The standard InChI is InChI=1S/C8H13N/c1-3-4-8-7(2)5-6-9-8/h5H,3-4,6H2,1-2H3. The van der Waals surface area contributed by atoms with Gasteiger partial charge in [0.15, 0.2) is 0 Å². The first-order chi connectivity index (χ1) is 4.34. The van der Waals surface area contributed by atoms with Gasteiger partial charge >= 0.3 is 0 Å². The lowest BCUT2D eigenvalue weighted by Crippen LogP contribution is -1.94. The first-order valence-electron chi connectivity index (χ1n) is 3.55. The molecule has 0 fully saturated rings. The van der Waals surface area contributed by atoms with Crippen molar-refractivity contribution in [3.63, 3.8) is 0 Å². The molecule has 0 spiro atoms. The average Bonchev–Trinajstić information content (AvgIpc) is 2.18. The number of rotatable bonds is 2. The molecule has 0 saturated heterocycles. The maximum atomic E-state index is 4.33. The van der Waals surface area contributed by atoms with Gasteiger partial charge in [-0.2, -0.15) is 0 Å². The van der Waals surface area contributed by atoms with Crippen molar-refractivity contribution in [3.8, 4) is 0 Å². The summed E-state index contributed by atoms with van der Waals surface area (Å²) in [4.78, 5) is 4.33. The van der Waals surface area contributed by atoms with E-state index in [1.54, 1.807) is 0 Å². The number of nitrogens with zero attached hydrogens (tertiary/aromatic N) is 1. The zero-order valence-corrected chi connectivity index (χ0v) is 6.15. The van der Waals surface area contributed by atoms with Crippen molar-refractivity contribution >= 4 is 5.71 Å². The minimum absolute atomic E-state index is 0.918. The summed E-state index contributed by atoms with van der Waals surface area (Å²) in [6, 6.07) is 0. The van der Waals surface area contributed by atoms with Crippen molar-refractivity contribution in [3.05, 3.63) is 11.6 Å². The minimum Gasteiger partial charge on any atom is -0.285 e. The molecule has 0 aromatic heterocycles. The molecule has 9 heavy (non-hydrogen) atoms. The molecule has 1 heterocycles. The third-order valence-electron chi connectivity index (χ3n) is 1.62. The lowest BCUT2D eigenvalue weighted by molar-refractivity contribution is 0.989. The summed E-state index contributed by atoms with van der Waals surface area (Å²) in [6.45, 7) is 5.25. The summed E-state index contributed by atoms with van der Waals surface area (Å²) in [5.74, 6) is 0. The molecule has 0 N–H and O–H groups in total. The van der Waals surface area contributed by atoms with Crippen LogP contribution in [0.15, 0.2) is 16.6 Å². The van der Waals surface area contributed by atoms with Gasteiger partial charge in [-0.15, -0.1) is 0 Å². The van der Waals surface area contributed by atoms with Gasteiger partial charge in [-0.05, 0) is 18.9 Å². The van der Waals surface area contributed by atoms with Gasteiger partial charge in [0.2, 0.25) is 0 Å². The van der Waals surface area contributed by atoms with E-state index in [0.717, 1.165) is 13.0 Å². The molecule has 0 atom stereocenters. The fourth-order valence-electron chi connectivity index (χ4n) is 1.05. The van der Waals surface area contributed by atoms with Crippen molar-refractivity contribution in [2.24, 2.45) is 4.99 Å². The summed E-state index contributed by atoms with van der Waals surface area (Å²) in [7, 11) is 0. The highest BCUT2D eigenvalue weighted by Crippen LogP contribution is 2.09. The molecule has 1 rings (SSSR count). The van der Waals surface area contributed by atoms with E-state index in [0.29, 0.717) is 0 Å². The van der Waals surface area contributed by atoms with E-state index in [-0.39, 0.29) is 0 Å². The highest BCUT2D eigenvalue weighted by molar-refractivity contribution is 6.01. The highest BCUT2D eigenvalue weighted by Gasteiger charge is 2.03. The topological polar surface area (TPSA) is 12.4 Å². The predicted molar refractivity (Wildman–Crippen MR) is 41.0 cm³/mol. The van der Waals surface area contributed by atoms with E-state index in [9.17, 15) is 0 Å². The van der Waals surface area contributed by atoms with E-state index in [4.69, 9.17) is 0 Å². The van der Waals surface area contributed by atoms with Crippen LogP contribution in [0.4, 0.5) is 0 Å². The second-order valence-corrected chi connectivity index (χ2v) is 2.42. The predicted octanol–water partition coefficient (Wildman–Crippen LogP) is 2.19. The fourth-order valence-corrected chi connectivity index (χ4v) is 1.05. The van der Waals surface area contributed by atoms with Crippen molar-refractivity contribution in [1.82, 2.24) is 0 Å². The van der Waals surface area contributed by atoms with Gasteiger partial charge in [0, 0.05) is 5.71 Å². The van der Waals surface area contributed by atoms with Gasteiger partial charge in [0.25, 0.3) is 0 Å². The molecule has 0 amide bonds. The van der Waals surface area contributed by atoms with Crippen LogP contribution in [0.3, 0.4) is 0 Å². The quantitative estimate of drug-likeness (QED) is 0.533. The second-order valence-electron chi connectivity index (χ2n) is 2.42. The minimum atomic E-state index is 0.918. The van der Waals surface area contributed by atoms with E-state index >= 15 is 0 Å². The van der Waals surface area contributed by atoms with Gasteiger partial charge in [0.1, 0.15) is 0 Å². The molecule has 0 aromatic carbocycles. The molecule has 1 aliphatic rings. The molecular formula is C8H13N. The molecule has 0 radical (unpaired) electrons. The van der Waals surface area contributed by atoms with E-state index in [1.807, 2.05) is 0 Å². The van der Waals surface area contributed by atoms with Crippen LogP contribution in [-0.2, 0) is 0 Å². The summed E-state index contributed by atoms with van der Waals surface area (Å²) >= 11 is 0. The third-order valence-corrected chi connectivity index (χ3v) is 1.62. The molecule has 50 valence electrons. The molecule has 0 bridgehead atoms. The Balaban J connectivity index is 2.50. The van der Waals surface area contributed by atoms with E-state index < -0.39 is 0 Å². The molecular weight excluding hydrogens is 110 g/mol. The van der Waals surface area contributed by atoms with E-state index in [1.165, 1.54) is 17.7 Å². The number of hydrogen-bond acceptors (Lipinski definition) is 1. The molecule has 1 heteroatoms.